The van der Waals surface area contributed by atoms with E-state index in [-0.39, 0.29) is 49.3 Å². The van der Waals surface area contributed by atoms with Crippen LogP contribution in [0.25, 0.3) is 0 Å². The molecule has 1 aromatic carbocycles. The van der Waals surface area contributed by atoms with E-state index in [1.807, 2.05) is 0 Å². The Morgan fingerprint density at radius 2 is 1.00 bits per heavy atom. The highest BCUT2D eigenvalue weighted by atomic mass is 28.2. The number of carbonyl (C=O) groups is 4. The molecule has 0 amide bonds. The molecule has 32 heavy (non-hydrogen) atoms. The number of rotatable bonds is 14. The van der Waals surface area contributed by atoms with Gasteiger partial charge in [-0.2, -0.15) is 0 Å². The minimum atomic E-state index is -0.649. The molecule has 0 aromatic heterocycles. The molecule has 0 aliphatic heterocycles. The fraction of sp³-hybridized carbons (Fsp3) is 0.545. The zero-order valence-corrected chi connectivity index (χ0v) is 22.2. The van der Waals surface area contributed by atoms with Crippen molar-refractivity contribution in [3.63, 3.8) is 0 Å². The molecule has 0 heterocycles. The number of hydrogen-bond acceptors (Lipinski definition) is 8. The van der Waals surface area contributed by atoms with Crippen molar-refractivity contribution in [1.29, 1.82) is 0 Å². The summed E-state index contributed by atoms with van der Waals surface area (Å²) in [5, 5.41) is 2.53. The van der Waals surface area contributed by atoms with Crippen LogP contribution in [0.5, 0.6) is 0 Å². The molecule has 0 aliphatic rings. The van der Waals surface area contributed by atoms with E-state index in [4.69, 9.17) is 18.9 Å². The molecule has 2 unspecified atom stereocenters. The molecule has 1 rings (SSSR count). The lowest BCUT2D eigenvalue weighted by Gasteiger charge is -2.17. The summed E-state index contributed by atoms with van der Waals surface area (Å²) in [6.45, 7) is 5.97. The lowest BCUT2D eigenvalue weighted by atomic mass is 10.3. The van der Waals surface area contributed by atoms with E-state index in [2.05, 4.69) is 24.3 Å². The summed E-state index contributed by atoms with van der Waals surface area (Å²) in [6, 6.07) is 10.0. The topological polar surface area (TPSA) is 105 Å². The summed E-state index contributed by atoms with van der Waals surface area (Å²) >= 11 is 0. The third kappa shape index (κ3) is 13.8. The first kappa shape index (κ1) is 27.6. The van der Waals surface area contributed by atoms with Crippen molar-refractivity contribution < 1.29 is 38.1 Å². The van der Waals surface area contributed by atoms with Crippen LogP contribution in [-0.2, 0) is 38.1 Å². The van der Waals surface area contributed by atoms with Crippen molar-refractivity contribution in [2.24, 2.45) is 0 Å². The van der Waals surface area contributed by atoms with Gasteiger partial charge in [0.05, 0.1) is 32.3 Å². The molecule has 178 valence electrons. The second-order valence-electron chi connectivity index (χ2n) is 7.61. The van der Waals surface area contributed by atoms with Crippen LogP contribution in [0, 0.1) is 0 Å². The largest absolute Gasteiger partial charge is 0.466 e. The first-order chi connectivity index (χ1) is 15.2. The van der Waals surface area contributed by atoms with Crippen LogP contribution >= 0.6 is 0 Å². The lowest BCUT2D eigenvalue weighted by molar-refractivity contribution is -0.149. The summed E-state index contributed by atoms with van der Waals surface area (Å²) in [5.41, 5.74) is 0. The minimum absolute atomic E-state index is 0.241. The first-order valence-electron chi connectivity index (χ1n) is 10.8. The molecule has 0 bridgehead atoms. The zero-order valence-electron chi connectivity index (χ0n) is 19.4. The van der Waals surface area contributed by atoms with Gasteiger partial charge in [0.15, 0.2) is 0 Å². The fourth-order valence-electron chi connectivity index (χ4n) is 3.19. The van der Waals surface area contributed by atoms with E-state index in [1.165, 1.54) is 38.1 Å². The predicted molar refractivity (Wildman–Crippen MR) is 126 cm³/mol. The maximum absolute atomic E-state index is 11.3. The second kappa shape index (κ2) is 15.4. The van der Waals surface area contributed by atoms with Crippen LogP contribution in [0.4, 0.5) is 0 Å². The van der Waals surface area contributed by atoms with Crippen LogP contribution in [0.1, 0.15) is 40.5 Å². The average molecular weight is 483 g/mol. The highest BCUT2D eigenvalue weighted by Gasteiger charge is 2.15. The molecule has 2 atom stereocenters. The van der Waals surface area contributed by atoms with Crippen molar-refractivity contribution in [2.75, 3.05) is 13.2 Å². The highest BCUT2D eigenvalue weighted by Crippen LogP contribution is 2.07. The van der Waals surface area contributed by atoms with E-state index in [9.17, 15) is 19.2 Å². The van der Waals surface area contributed by atoms with Crippen LogP contribution in [0.3, 0.4) is 0 Å². The highest BCUT2D eigenvalue weighted by molar-refractivity contribution is 6.55. The van der Waals surface area contributed by atoms with Gasteiger partial charge in [-0.25, -0.2) is 0 Å². The predicted octanol–water partition coefficient (Wildman–Crippen LogP) is -0.119. The van der Waals surface area contributed by atoms with Gasteiger partial charge >= 0.3 is 23.9 Å². The van der Waals surface area contributed by atoms with E-state index < -0.39 is 19.0 Å². The van der Waals surface area contributed by atoms with Crippen LogP contribution in [0.15, 0.2) is 24.3 Å². The Morgan fingerprint density at radius 3 is 1.28 bits per heavy atom. The molecule has 1 aromatic rings. The van der Waals surface area contributed by atoms with Crippen molar-refractivity contribution in [3.8, 4) is 0 Å². The zero-order chi connectivity index (χ0) is 23.9. The van der Waals surface area contributed by atoms with Crippen molar-refractivity contribution in [2.45, 2.75) is 64.8 Å². The molecule has 0 saturated heterocycles. The van der Waals surface area contributed by atoms with Gasteiger partial charge in [-0.05, 0) is 12.1 Å². The minimum Gasteiger partial charge on any atom is -0.466 e. The molecule has 0 saturated carbocycles. The van der Waals surface area contributed by atoms with Crippen molar-refractivity contribution in [1.82, 2.24) is 0 Å². The summed E-state index contributed by atoms with van der Waals surface area (Å²) in [5.74, 6) is -1.34. The number of carbonyl (C=O) groups excluding carboxylic acids is 4. The SMILES string of the molecule is CC(=O)OCCC(C[SiH2]c1ccc([SiH2]CC(CCOC(C)=O)OC(C)=O)cc1)OC(C)=O. The molecule has 10 heteroatoms. The number of ether oxygens (including phenoxy) is 4. The van der Waals surface area contributed by atoms with Gasteiger partial charge in [-0.1, -0.05) is 34.6 Å². The fourth-order valence-corrected chi connectivity index (χ4v) is 6.45. The van der Waals surface area contributed by atoms with Gasteiger partial charge in [0.1, 0.15) is 12.2 Å². The van der Waals surface area contributed by atoms with E-state index in [0.29, 0.717) is 12.8 Å². The van der Waals surface area contributed by atoms with Gasteiger partial charge in [0, 0.05) is 40.5 Å². The monoisotopic (exact) mass is 482 g/mol. The average Bonchev–Trinajstić information content (AvgIpc) is 2.69. The normalized spacial score (nSPS) is 13.1. The van der Waals surface area contributed by atoms with Gasteiger partial charge < -0.3 is 18.9 Å². The summed E-state index contributed by atoms with van der Waals surface area (Å²) in [4.78, 5) is 44.5. The Hall–Kier alpha value is -2.47. The van der Waals surface area contributed by atoms with E-state index in [0.717, 1.165) is 12.1 Å². The van der Waals surface area contributed by atoms with Crippen LogP contribution < -0.4 is 10.4 Å². The molecule has 0 radical (unpaired) electrons. The second-order valence-corrected chi connectivity index (χ2v) is 11.4. The van der Waals surface area contributed by atoms with Gasteiger partial charge in [0.2, 0.25) is 0 Å². The molecular formula is C22H34O8Si2. The quantitative estimate of drug-likeness (QED) is 0.205. The number of benzene rings is 1. The number of esters is 4. The maximum Gasteiger partial charge on any atom is 0.302 e. The van der Waals surface area contributed by atoms with Crippen LogP contribution in [0.2, 0.25) is 12.1 Å². The maximum atomic E-state index is 11.3. The Kier molecular flexibility index (Phi) is 13.2. The Morgan fingerprint density at radius 1 is 0.656 bits per heavy atom. The summed E-state index contributed by atoms with van der Waals surface area (Å²) < 4.78 is 20.6. The van der Waals surface area contributed by atoms with Crippen molar-refractivity contribution in [3.05, 3.63) is 24.3 Å². The lowest BCUT2D eigenvalue weighted by Crippen LogP contribution is -2.28. The third-order valence-electron chi connectivity index (χ3n) is 4.69. The number of hydrogen-bond donors (Lipinski definition) is 0. The molecule has 0 aliphatic carbocycles. The van der Waals surface area contributed by atoms with E-state index in [1.54, 1.807) is 0 Å². The Bertz CT molecular complexity index is 688. The van der Waals surface area contributed by atoms with Crippen LogP contribution in [-0.4, -0.2) is 68.3 Å². The smallest absolute Gasteiger partial charge is 0.302 e. The van der Waals surface area contributed by atoms with Gasteiger partial charge in [0.25, 0.3) is 0 Å². The molecular weight excluding hydrogens is 448 g/mol. The summed E-state index contributed by atoms with van der Waals surface area (Å²) in [7, 11) is -1.30. The molecule has 0 fully saturated rings. The summed E-state index contributed by atoms with van der Waals surface area (Å²) in [6.07, 6.45) is 0.521. The molecule has 0 spiro atoms. The molecule has 0 N–H and O–H groups in total. The van der Waals surface area contributed by atoms with Crippen molar-refractivity contribution >= 4 is 53.3 Å². The van der Waals surface area contributed by atoms with Gasteiger partial charge in [-0.15, -0.1) is 0 Å². The Balaban J connectivity index is 2.53. The third-order valence-corrected chi connectivity index (χ3v) is 8.65. The van der Waals surface area contributed by atoms with Gasteiger partial charge in [-0.3, -0.25) is 19.2 Å². The Labute approximate surface area is 194 Å². The first-order valence-corrected chi connectivity index (χ1v) is 14.3. The standard InChI is InChI=1S/C22H34O8Si2/c1-15(23)27-11-9-19(29-17(3)25)13-31-21-5-7-22(8-6-21)32-14-20(30-18(4)26)10-12-28-16(2)24/h5-8,19-20H,9-14,31-32H2,1-4H3. The molecule has 8 nitrogen and oxygen atoms in total. The van der Waals surface area contributed by atoms with E-state index >= 15 is 0 Å².